The van der Waals surface area contributed by atoms with Gasteiger partial charge in [-0.3, -0.25) is 14.9 Å². The Balaban J connectivity index is 1.87. The van der Waals surface area contributed by atoms with E-state index in [0.717, 1.165) is 24.3 Å². The van der Waals surface area contributed by atoms with Gasteiger partial charge in [-0.1, -0.05) is 30.3 Å². The van der Waals surface area contributed by atoms with E-state index in [1.807, 2.05) is 0 Å². The summed E-state index contributed by atoms with van der Waals surface area (Å²) < 4.78 is 101. The van der Waals surface area contributed by atoms with Gasteiger partial charge in [-0.15, -0.1) is 0 Å². The fourth-order valence-corrected chi connectivity index (χ4v) is 3.02. The number of rotatable bonds is 10. The van der Waals surface area contributed by atoms with Crippen LogP contribution in [0.25, 0.3) is 0 Å². The second-order valence-corrected chi connectivity index (χ2v) is 7.73. The van der Waals surface area contributed by atoms with Gasteiger partial charge in [-0.2, -0.15) is 22.0 Å². The molecule has 0 unspecified atom stereocenters. The van der Waals surface area contributed by atoms with Gasteiger partial charge in [-0.25, -0.2) is 8.78 Å². The van der Waals surface area contributed by atoms with Crippen LogP contribution < -0.4 is 14.8 Å². The van der Waals surface area contributed by atoms with Crippen LogP contribution in [0.5, 0.6) is 11.5 Å². The molecule has 1 N–H and O–H groups in total. The normalized spacial score (nSPS) is 11.8. The third kappa shape index (κ3) is 7.11. The number of carbonyl (C=O) groups excluding carboxylic acids is 1. The molecule has 0 radical (unpaired) electrons. The van der Waals surface area contributed by atoms with Crippen LogP contribution in [0.15, 0.2) is 66.7 Å². The maximum atomic E-state index is 13.3. The summed E-state index contributed by atoms with van der Waals surface area (Å²) in [5, 5.41) is 13.5. The second kappa shape index (κ2) is 11.4. The highest BCUT2D eigenvalue weighted by Crippen LogP contribution is 2.36. The van der Waals surface area contributed by atoms with E-state index in [0.29, 0.717) is 17.7 Å². The molecular weight excluding hydrogens is 529 g/mol. The van der Waals surface area contributed by atoms with Gasteiger partial charge < -0.3 is 14.8 Å². The lowest BCUT2D eigenvalue weighted by molar-refractivity contribution is -0.386. The summed E-state index contributed by atoms with van der Waals surface area (Å²) in [4.78, 5) is 23.0. The Kier molecular flexibility index (Phi) is 8.43. The molecule has 0 aliphatic heterocycles. The zero-order chi connectivity index (χ0) is 28.1. The monoisotopic (exact) mass is 546 g/mol. The minimum atomic E-state index is -4.77. The molecule has 0 aliphatic rings. The van der Waals surface area contributed by atoms with Crippen LogP contribution in [-0.4, -0.2) is 29.8 Å². The van der Waals surface area contributed by atoms with E-state index >= 15 is 0 Å². The van der Waals surface area contributed by atoms with E-state index in [-0.39, 0.29) is 12.4 Å². The van der Waals surface area contributed by atoms with Crippen molar-refractivity contribution in [1.29, 1.82) is 0 Å². The van der Waals surface area contributed by atoms with Crippen molar-refractivity contribution in [3.63, 3.8) is 0 Å². The lowest BCUT2D eigenvalue weighted by Crippen LogP contribution is -2.33. The molecule has 3 aromatic rings. The van der Waals surface area contributed by atoms with Gasteiger partial charge in [0.25, 0.3) is 5.91 Å². The van der Waals surface area contributed by atoms with Crippen molar-refractivity contribution in [2.45, 2.75) is 25.1 Å². The Morgan fingerprint density at radius 3 is 2.18 bits per heavy atom. The van der Waals surface area contributed by atoms with Crippen LogP contribution in [-0.2, 0) is 12.8 Å². The highest BCUT2D eigenvalue weighted by Gasteiger charge is 2.42. The van der Waals surface area contributed by atoms with Crippen molar-refractivity contribution in [3.8, 4) is 11.5 Å². The van der Waals surface area contributed by atoms with Crippen molar-refractivity contribution >= 4 is 17.3 Å². The number of alkyl halides is 7. The van der Waals surface area contributed by atoms with Crippen LogP contribution in [0, 0.1) is 10.1 Å². The third-order valence-electron chi connectivity index (χ3n) is 4.95. The number of nitro groups is 1. The average Bonchev–Trinajstić information content (AvgIpc) is 2.86. The Morgan fingerprint density at radius 2 is 1.58 bits per heavy atom. The number of halogens is 7. The van der Waals surface area contributed by atoms with Crippen LogP contribution in [0.4, 0.5) is 42.1 Å². The number of carbonyl (C=O) groups is 1. The number of nitrogens with zero attached hydrogens (tertiary/aromatic N) is 1. The Morgan fingerprint density at radius 1 is 0.921 bits per heavy atom. The summed E-state index contributed by atoms with van der Waals surface area (Å²) >= 11 is 0. The van der Waals surface area contributed by atoms with E-state index in [4.69, 9.17) is 4.74 Å². The van der Waals surface area contributed by atoms with E-state index in [9.17, 15) is 45.6 Å². The summed E-state index contributed by atoms with van der Waals surface area (Å²) in [5.41, 5.74) is -2.31. The molecule has 0 saturated heterocycles. The number of ether oxygens (including phenoxy) is 2. The molecule has 1 amide bonds. The van der Waals surface area contributed by atoms with E-state index in [1.54, 1.807) is 30.3 Å². The van der Waals surface area contributed by atoms with Crippen molar-refractivity contribution in [3.05, 3.63) is 93.5 Å². The van der Waals surface area contributed by atoms with Crippen LogP contribution in [0.3, 0.4) is 0 Å². The number of nitrogens with one attached hydrogen (secondary N) is 1. The van der Waals surface area contributed by atoms with Crippen LogP contribution >= 0.6 is 0 Å². The molecule has 14 heteroatoms. The van der Waals surface area contributed by atoms with Crippen LogP contribution in [0.2, 0.25) is 0 Å². The zero-order valence-corrected chi connectivity index (χ0v) is 19.0. The molecule has 202 valence electrons. The summed E-state index contributed by atoms with van der Waals surface area (Å²) in [5.74, 6) is -6.66. The van der Waals surface area contributed by atoms with Gasteiger partial charge in [-0.05, 0) is 35.9 Å². The first kappa shape index (κ1) is 28.2. The average molecular weight is 546 g/mol. The fourth-order valence-electron chi connectivity index (χ4n) is 3.02. The van der Waals surface area contributed by atoms with Gasteiger partial charge in [0.15, 0.2) is 12.4 Å². The molecule has 0 aliphatic carbocycles. The molecule has 0 saturated carbocycles. The SMILES string of the molecule is O=C(Nc1cc(C(F)(F)F)ccc1OCc1ccccc1)c1ccc(OCC(F)(F)C(F)F)c([N+](=O)[O-])c1. The summed E-state index contributed by atoms with van der Waals surface area (Å²) in [6, 6.07) is 13.1. The number of hydrogen-bond donors (Lipinski definition) is 1. The Labute approximate surface area is 209 Å². The maximum Gasteiger partial charge on any atom is 0.416 e. The predicted octanol–water partition coefficient (Wildman–Crippen LogP) is 6.72. The minimum Gasteiger partial charge on any atom is -0.487 e. The molecular formula is C24H17F7N2O5. The third-order valence-corrected chi connectivity index (χ3v) is 4.95. The Hall–Kier alpha value is -4.36. The number of nitro benzene ring substituents is 1. The smallest absolute Gasteiger partial charge is 0.416 e. The molecule has 3 rings (SSSR count). The summed E-state index contributed by atoms with van der Waals surface area (Å²) in [6.07, 6.45) is -8.85. The summed E-state index contributed by atoms with van der Waals surface area (Å²) in [6.45, 7) is -1.93. The van der Waals surface area contributed by atoms with Gasteiger partial charge in [0.2, 0.25) is 0 Å². The first-order valence-electron chi connectivity index (χ1n) is 10.5. The number of benzene rings is 3. The molecule has 0 fully saturated rings. The van der Waals surface area contributed by atoms with Crippen molar-refractivity contribution in [2.24, 2.45) is 0 Å². The van der Waals surface area contributed by atoms with Gasteiger partial charge >= 0.3 is 24.2 Å². The second-order valence-electron chi connectivity index (χ2n) is 7.73. The molecule has 0 spiro atoms. The zero-order valence-electron chi connectivity index (χ0n) is 19.0. The minimum absolute atomic E-state index is 0.0597. The molecule has 0 bridgehead atoms. The fraction of sp³-hybridized carbons (Fsp3) is 0.208. The van der Waals surface area contributed by atoms with Crippen molar-refractivity contribution in [1.82, 2.24) is 0 Å². The molecule has 0 heterocycles. The van der Waals surface area contributed by atoms with Crippen LogP contribution in [0.1, 0.15) is 21.5 Å². The molecule has 3 aromatic carbocycles. The van der Waals surface area contributed by atoms with Crippen molar-refractivity contribution in [2.75, 3.05) is 11.9 Å². The molecule has 0 atom stereocenters. The van der Waals surface area contributed by atoms with Gasteiger partial charge in [0.1, 0.15) is 12.4 Å². The van der Waals surface area contributed by atoms with E-state index in [1.165, 1.54) is 0 Å². The lowest BCUT2D eigenvalue weighted by Gasteiger charge is -2.17. The number of anilines is 1. The lowest BCUT2D eigenvalue weighted by atomic mass is 10.1. The van der Waals surface area contributed by atoms with Gasteiger partial charge in [0.05, 0.1) is 16.2 Å². The quantitative estimate of drug-likeness (QED) is 0.173. The highest BCUT2D eigenvalue weighted by atomic mass is 19.4. The largest absolute Gasteiger partial charge is 0.487 e. The molecule has 38 heavy (non-hydrogen) atoms. The first-order chi connectivity index (χ1) is 17.8. The maximum absolute atomic E-state index is 13.3. The summed E-state index contributed by atoms with van der Waals surface area (Å²) in [7, 11) is 0. The van der Waals surface area contributed by atoms with Gasteiger partial charge in [0, 0.05) is 11.6 Å². The number of hydrogen-bond acceptors (Lipinski definition) is 5. The van der Waals surface area contributed by atoms with Crippen molar-refractivity contribution < 1.29 is 49.9 Å². The first-order valence-corrected chi connectivity index (χ1v) is 10.5. The predicted molar refractivity (Wildman–Crippen MR) is 120 cm³/mol. The van der Waals surface area contributed by atoms with E-state index in [2.05, 4.69) is 10.1 Å². The standard InChI is InChI=1S/C24H17F7N2O5/c25-22(26)23(27,28)13-38-20-8-6-15(10-18(20)33(35)36)21(34)32-17-11-16(24(29,30)31)7-9-19(17)37-12-14-4-2-1-3-5-14/h1-11,22H,12-13H2,(H,32,34). The molecule has 0 aromatic heterocycles. The molecule has 7 nitrogen and oxygen atoms in total. The Bertz CT molecular complexity index is 1300. The topological polar surface area (TPSA) is 90.7 Å². The number of amides is 1. The van der Waals surface area contributed by atoms with E-state index < -0.39 is 64.2 Å². The highest BCUT2D eigenvalue weighted by molar-refractivity contribution is 6.05.